The van der Waals surface area contributed by atoms with E-state index in [1.807, 2.05) is 0 Å². The summed E-state index contributed by atoms with van der Waals surface area (Å²) in [6.45, 7) is 2.87. The van der Waals surface area contributed by atoms with Crippen molar-refractivity contribution in [2.75, 3.05) is 5.32 Å². The van der Waals surface area contributed by atoms with Crippen LogP contribution < -0.4 is 5.32 Å². The van der Waals surface area contributed by atoms with Gasteiger partial charge in [0.1, 0.15) is 11.3 Å². The summed E-state index contributed by atoms with van der Waals surface area (Å²) in [5.74, 6) is -1.27. The molecule has 0 saturated heterocycles. The summed E-state index contributed by atoms with van der Waals surface area (Å²) in [5, 5.41) is 3.03. The van der Waals surface area contributed by atoms with E-state index in [0.717, 1.165) is 0 Å². The van der Waals surface area contributed by atoms with Gasteiger partial charge >= 0.3 is 6.18 Å². The molecule has 1 amide bonds. The number of carbonyl (C=O) groups is 1. The lowest BCUT2D eigenvalue weighted by Gasteiger charge is -2.30. The number of amides is 1. The van der Waals surface area contributed by atoms with Gasteiger partial charge in [-0.3, -0.25) is 4.79 Å². The number of para-hydroxylation sites is 1. The predicted molar refractivity (Wildman–Crippen MR) is 104 cm³/mol. The van der Waals surface area contributed by atoms with Gasteiger partial charge in [0.2, 0.25) is 5.91 Å². The van der Waals surface area contributed by atoms with Crippen LogP contribution in [0.4, 0.5) is 23.2 Å². The van der Waals surface area contributed by atoms with E-state index in [9.17, 15) is 22.4 Å². The standard InChI is InChI=1S/C22H20F4N2O/c1-14-18(11-16-9-6-10-17(23)19(16)27-14)28-20(29)21(2,13-22(24,25)26)12-15-7-4-3-5-8-15/h3-11H,12-13H2,1-2H3,(H,28,29)/t21-/m0/s1. The lowest BCUT2D eigenvalue weighted by Crippen LogP contribution is -2.39. The summed E-state index contributed by atoms with van der Waals surface area (Å²) < 4.78 is 53.7. The molecule has 0 saturated carbocycles. The van der Waals surface area contributed by atoms with Gasteiger partial charge in [-0.25, -0.2) is 9.37 Å². The Balaban J connectivity index is 1.94. The fourth-order valence-corrected chi connectivity index (χ4v) is 3.37. The van der Waals surface area contributed by atoms with Crippen molar-refractivity contribution in [2.45, 2.75) is 32.9 Å². The van der Waals surface area contributed by atoms with Crippen LogP contribution in [-0.2, 0) is 11.2 Å². The Kier molecular flexibility index (Phi) is 5.59. The number of fused-ring (bicyclic) bond motifs is 1. The summed E-state index contributed by atoms with van der Waals surface area (Å²) in [4.78, 5) is 17.1. The van der Waals surface area contributed by atoms with E-state index in [4.69, 9.17) is 0 Å². The summed E-state index contributed by atoms with van der Waals surface area (Å²) in [7, 11) is 0. The van der Waals surface area contributed by atoms with E-state index in [0.29, 0.717) is 16.6 Å². The zero-order chi connectivity index (χ0) is 21.2. The molecule has 0 unspecified atom stereocenters. The van der Waals surface area contributed by atoms with Crippen LogP contribution in [0.2, 0.25) is 0 Å². The number of nitrogens with zero attached hydrogens (tertiary/aromatic N) is 1. The molecule has 3 rings (SSSR count). The van der Waals surface area contributed by atoms with Crippen LogP contribution in [0, 0.1) is 18.2 Å². The lowest BCUT2D eigenvalue weighted by atomic mass is 9.79. The number of nitrogens with one attached hydrogen (secondary N) is 1. The van der Waals surface area contributed by atoms with Crippen molar-refractivity contribution in [3.63, 3.8) is 0 Å². The molecule has 0 fully saturated rings. The second-order valence-corrected chi connectivity index (χ2v) is 7.40. The second kappa shape index (κ2) is 7.81. The number of benzene rings is 2. The molecule has 0 aliphatic heterocycles. The van der Waals surface area contributed by atoms with Gasteiger partial charge in [-0.15, -0.1) is 0 Å². The van der Waals surface area contributed by atoms with Crippen molar-refractivity contribution in [1.29, 1.82) is 0 Å². The van der Waals surface area contributed by atoms with E-state index in [-0.39, 0.29) is 17.6 Å². The highest BCUT2D eigenvalue weighted by atomic mass is 19.4. The number of alkyl halides is 3. The lowest BCUT2D eigenvalue weighted by molar-refractivity contribution is -0.164. The van der Waals surface area contributed by atoms with E-state index < -0.39 is 29.7 Å². The van der Waals surface area contributed by atoms with E-state index in [2.05, 4.69) is 10.3 Å². The molecule has 0 spiro atoms. The van der Waals surface area contributed by atoms with Crippen molar-refractivity contribution < 1.29 is 22.4 Å². The van der Waals surface area contributed by atoms with Gasteiger partial charge in [0.25, 0.3) is 0 Å². The zero-order valence-electron chi connectivity index (χ0n) is 16.0. The number of aryl methyl sites for hydroxylation is 1. The fourth-order valence-electron chi connectivity index (χ4n) is 3.37. The van der Waals surface area contributed by atoms with Crippen molar-refractivity contribution in [1.82, 2.24) is 4.98 Å². The summed E-state index contributed by atoms with van der Waals surface area (Å²) >= 11 is 0. The molecule has 1 N–H and O–H groups in total. The average Bonchev–Trinajstić information content (AvgIpc) is 2.62. The van der Waals surface area contributed by atoms with Crippen LogP contribution in [0.15, 0.2) is 54.6 Å². The minimum atomic E-state index is -4.51. The molecule has 29 heavy (non-hydrogen) atoms. The molecule has 0 aliphatic rings. The SMILES string of the molecule is Cc1nc2c(F)cccc2cc1NC(=O)[C@@](C)(Cc1ccccc1)CC(F)(F)F. The van der Waals surface area contributed by atoms with E-state index in [1.165, 1.54) is 25.1 Å². The monoisotopic (exact) mass is 404 g/mol. The summed E-state index contributed by atoms with van der Waals surface area (Å²) in [6, 6.07) is 14.5. The number of anilines is 1. The average molecular weight is 404 g/mol. The Morgan fingerprint density at radius 1 is 1.07 bits per heavy atom. The number of carbonyl (C=O) groups excluding carboxylic acids is 1. The van der Waals surface area contributed by atoms with Gasteiger partial charge in [-0.2, -0.15) is 13.2 Å². The Bertz CT molecular complexity index is 1030. The molecule has 1 atom stereocenters. The van der Waals surface area contributed by atoms with Crippen LogP contribution in [0.5, 0.6) is 0 Å². The highest BCUT2D eigenvalue weighted by molar-refractivity contribution is 5.97. The Morgan fingerprint density at radius 3 is 2.41 bits per heavy atom. The second-order valence-electron chi connectivity index (χ2n) is 7.40. The molecule has 152 valence electrons. The molecule has 0 bridgehead atoms. The van der Waals surface area contributed by atoms with Crippen LogP contribution in [0.1, 0.15) is 24.6 Å². The summed E-state index contributed by atoms with van der Waals surface area (Å²) in [5.41, 5.74) is -0.363. The number of hydrogen-bond acceptors (Lipinski definition) is 2. The van der Waals surface area contributed by atoms with Crippen LogP contribution in [0.3, 0.4) is 0 Å². The topological polar surface area (TPSA) is 42.0 Å². The van der Waals surface area contributed by atoms with Gasteiger partial charge in [-0.1, -0.05) is 49.4 Å². The van der Waals surface area contributed by atoms with Crippen molar-refractivity contribution in [3.8, 4) is 0 Å². The first-order valence-electron chi connectivity index (χ1n) is 9.05. The van der Waals surface area contributed by atoms with Gasteiger partial charge in [0.15, 0.2) is 0 Å². The minimum absolute atomic E-state index is 0.0755. The van der Waals surface area contributed by atoms with Crippen LogP contribution in [0.25, 0.3) is 10.9 Å². The van der Waals surface area contributed by atoms with Crippen molar-refractivity contribution in [3.05, 3.63) is 71.7 Å². The maximum atomic E-state index is 13.9. The molecule has 0 aliphatic carbocycles. The highest BCUT2D eigenvalue weighted by Gasteiger charge is 2.44. The van der Waals surface area contributed by atoms with E-state index >= 15 is 0 Å². The van der Waals surface area contributed by atoms with Gasteiger partial charge < -0.3 is 5.32 Å². The third-order valence-corrected chi connectivity index (χ3v) is 4.81. The molecule has 3 nitrogen and oxygen atoms in total. The Labute approximate surface area is 165 Å². The van der Waals surface area contributed by atoms with E-state index in [1.54, 1.807) is 43.3 Å². The van der Waals surface area contributed by atoms with Crippen molar-refractivity contribution in [2.24, 2.45) is 5.41 Å². The molecule has 3 aromatic rings. The first-order chi connectivity index (χ1) is 13.6. The largest absolute Gasteiger partial charge is 0.390 e. The zero-order valence-corrected chi connectivity index (χ0v) is 16.0. The molecular formula is C22H20F4N2O. The smallest absolute Gasteiger partial charge is 0.324 e. The first kappa shape index (κ1) is 20.8. The molecule has 1 heterocycles. The Hall–Kier alpha value is -2.96. The molecule has 7 heteroatoms. The summed E-state index contributed by atoms with van der Waals surface area (Å²) in [6.07, 6.45) is -5.86. The van der Waals surface area contributed by atoms with Gasteiger partial charge in [0, 0.05) is 5.39 Å². The van der Waals surface area contributed by atoms with Crippen LogP contribution in [-0.4, -0.2) is 17.1 Å². The fraction of sp³-hybridized carbons (Fsp3) is 0.273. The molecule has 0 radical (unpaired) electrons. The first-order valence-corrected chi connectivity index (χ1v) is 9.05. The normalized spacial score (nSPS) is 13.9. The predicted octanol–water partition coefficient (Wildman–Crippen LogP) is 5.82. The van der Waals surface area contributed by atoms with Gasteiger partial charge in [0.05, 0.1) is 23.2 Å². The minimum Gasteiger partial charge on any atom is -0.324 e. The number of pyridine rings is 1. The van der Waals surface area contributed by atoms with Gasteiger partial charge in [-0.05, 0) is 31.0 Å². The molecular weight excluding hydrogens is 384 g/mol. The van der Waals surface area contributed by atoms with Crippen LogP contribution >= 0.6 is 0 Å². The third kappa shape index (κ3) is 4.91. The number of rotatable bonds is 5. The molecule has 2 aromatic carbocycles. The number of halogens is 4. The quantitative estimate of drug-likeness (QED) is 0.544. The molecule has 1 aromatic heterocycles. The number of aromatic nitrogens is 1. The number of hydrogen-bond donors (Lipinski definition) is 1. The maximum absolute atomic E-state index is 13.9. The maximum Gasteiger partial charge on any atom is 0.390 e. The highest BCUT2D eigenvalue weighted by Crippen LogP contribution is 2.37. The Morgan fingerprint density at radius 2 is 1.76 bits per heavy atom. The van der Waals surface area contributed by atoms with Crippen molar-refractivity contribution >= 4 is 22.5 Å². The third-order valence-electron chi connectivity index (χ3n) is 4.81.